The van der Waals surface area contributed by atoms with Gasteiger partial charge in [-0.1, -0.05) is 24.0 Å². The van der Waals surface area contributed by atoms with Crippen LogP contribution in [-0.4, -0.2) is 67.0 Å². The van der Waals surface area contributed by atoms with E-state index in [1.54, 1.807) is 24.4 Å². The van der Waals surface area contributed by atoms with Crippen molar-refractivity contribution in [3.8, 4) is 11.8 Å². The molecule has 2 aromatic carbocycles. The molecule has 0 saturated carbocycles. The third kappa shape index (κ3) is 6.64. The number of nitrogens with one attached hydrogen (secondary N) is 1. The SMILES string of the molecule is Cc1ccc(C(=O)Nc2ccc(CN3CCN(C)CC3)c(C(F)(F)F)c2)cc1C#Cc1cncc(N2CCC2)c1. The molecule has 0 atom stereocenters. The van der Waals surface area contributed by atoms with Crippen molar-refractivity contribution in [3.05, 3.63) is 88.2 Å². The fourth-order valence-corrected chi connectivity index (χ4v) is 4.79. The molecule has 5 rings (SSSR count). The van der Waals surface area contributed by atoms with Crippen LogP contribution in [0.1, 0.15) is 44.6 Å². The number of pyridine rings is 1. The quantitative estimate of drug-likeness (QED) is 0.455. The molecular formula is C31H32F3N5O. The summed E-state index contributed by atoms with van der Waals surface area (Å²) in [7, 11) is 2.00. The van der Waals surface area contributed by atoms with Crippen LogP contribution in [0.25, 0.3) is 0 Å². The number of carbonyl (C=O) groups excluding carboxylic acids is 1. The van der Waals surface area contributed by atoms with Crippen LogP contribution in [0.3, 0.4) is 0 Å². The Balaban J connectivity index is 1.32. The summed E-state index contributed by atoms with van der Waals surface area (Å²) in [6.07, 6.45) is 0.163. The van der Waals surface area contributed by atoms with E-state index in [4.69, 9.17) is 0 Å². The van der Waals surface area contributed by atoms with E-state index in [1.165, 1.54) is 18.6 Å². The molecule has 1 aromatic heterocycles. The first-order chi connectivity index (χ1) is 19.2. The lowest BCUT2D eigenvalue weighted by molar-refractivity contribution is -0.138. The van der Waals surface area contributed by atoms with E-state index in [1.807, 2.05) is 31.1 Å². The highest BCUT2D eigenvalue weighted by atomic mass is 19.4. The molecule has 2 saturated heterocycles. The van der Waals surface area contributed by atoms with Crippen molar-refractivity contribution in [3.63, 3.8) is 0 Å². The Morgan fingerprint density at radius 3 is 2.45 bits per heavy atom. The van der Waals surface area contributed by atoms with Gasteiger partial charge in [-0.25, -0.2) is 0 Å². The Hall–Kier alpha value is -3.87. The lowest BCUT2D eigenvalue weighted by Crippen LogP contribution is -2.44. The summed E-state index contributed by atoms with van der Waals surface area (Å²) in [5.74, 6) is 5.75. The van der Waals surface area contributed by atoms with Gasteiger partial charge < -0.3 is 15.1 Å². The van der Waals surface area contributed by atoms with Crippen LogP contribution in [0.4, 0.5) is 24.5 Å². The van der Waals surface area contributed by atoms with E-state index in [0.717, 1.165) is 49.1 Å². The lowest BCUT2D eigenvalue weighted by Gasteiger charge is -2.33. The van der Waals surface area contributed by atoms with Gasteiger partial charge in [0.15, 0.2) is 0 Å². The standard InChI is InChI=1S/C31H32F3N5O/c1-22-4-6-25(17-24(22)7-5-23-16-28(20-35-19-23)39-10-3-11-39)30(40)36-27-9-8-26(29(18-27)31(32,33)34)21-38-14-12-37(2)13-15-38/h4,6,8-9,16-20H,3,10-15,21H2,1-2H3,(H,36,40). The van der Waals surface area contributed by atoms with Gasteiger partial charge in [0.05, 0.1) is 17.4 Å². The van der Waals surface area contributed by atoms with Gasteiger partial charge in [0.1, 0.15) is 0 Å². The summed E-state index contributed by atoms with van der Waals surface area (Å²) in [6, 6.07) is 11.1. The average molecular weight is 548 g/mol. The number of aromatic nitrogens is 1. The van der Waals surface area contributed by atoms with Crippen molar-refractivity contribution < 1.29 is 18.0 Å². The summed E-state index contributed by atoms with van der Waals surface area (Å²) in [4.78, 5) is 23.7. The second-order valence-corrected chi connectivity index (χ2v) is 10.5. The second-order valence-electron chi connectivity index (χ2n) is 10.5. The highest BCUT2D eigenvalue weighted by Crippen LogP contribution is 2.35. The lowest BCUT2D eigenvalue weighted by atomic mass is 10.0. The zero-order valence-corrected chi connectivity index (χ0v) is 22.7. The Bertz CT molecular complexity index is 1450. The highest BCUT2D eigenvalue weighted by molar-refractivity contribution is 6.04. The van der Waals surface area contributed by atoms with Crippen molar-refractivity contribution in [2.24, 2.45) is 0 Å². The number of aryl methyl sites for hydroxylation is 1. The summed E-state index contributed by atoms with van der Waals surface area (Å²) in [5, 5.41) is 2.64. The molecular weight excluding hydrogens is 515 g/mol. The summed E-state index contributed by atoms with van der Waals surface area (Å²) >= 11 is 0. The molecule has 40 heavy (non-hydrogen) atoms. The third-order valence-electron chi connectivity index (χ3n) is 7.45. The molecule has 2 fully saturated rings. The first-order valence-electron chi connectivity index (χ1n) is 13.4. The van der Waals surface area contributed by atoms with Crippen molar-refractivity contribution in [2.45, 2.75) is 26.1 Å². The van der Waals surface area contributed by atoms with Crippen LogP contribution in [0.2, 0.25) is 0 Å². The molecule has 2 aliphatic rings. The van der Waals surface area contributed by atoms with E-state index in [9.17, 15) is 18.0 Å². The molecule has 0 spiro atoms. The smallest absolute Gasteiger partial charge is 0.370 e. The number of alkyl halides is 3. The van der Waals surface area contributed by atoms with Gasteiger partial charge in [0.2, 0.25) is 0 Å². The maximum atomic E-state index is 14.0. The zero-order chi connectivity index (χ0) is 28.3. The number of benzene rings is 2. The molecule has 1 N–H and O–H groups in total. The molecule has 2 aliphatic heterocycles. The van der Waals surface area contributed by atoms with Crippen molar-refractivity contribution >= 4 is 17.3 Å². The molecule has 9 heteroatoms. The first-order valence-corrected chi connectivity index (χ1v) is 13.4. The number of carbonyl (C=O) groups is 1. The zero-order valence-electron chi connectivity index (χ0n) is 22.7. The molecule has 3 heterocycles. The second kappa shape index (κ2) is 11.7. The minimum atomic E-state index is -4.53. The maximum absolute atomic E-state index is 14.0. The monoisotopic (exact) mass is 547 g/mol. The molecule has 3 aromatic rings. The van der Waals surface area contributed by atoms with Crippen LogP contribution < -0.4 is 10.2 Å². The summed E-state index contributed by atoms with van der Waals surface area (Å²) in [6.45, 7) is 7.20. The predicted octanol–water partition coefficient (Wildman–Crippen LogP) is 5.02. The summed E-state index contributed by atoms with van der Waals surface area (Å²) < 4.78 is 41.9. The van der Waals surface area contributed by atoms with E-state index in [-0.39, 0.29) is 17.8 Å². The molecule has 0 radical (unpaired) electrons. The minimum Gasteiger partial charge on any atom is -0.370 e. The van der Waals surface area contributed by atoms with Gasteiger partial charge in [-0.3, -0.25) is 14.7 Å². The normalized spacial score (nSPS) is 16.2. The van der Waals surface area contributed by atoms with Crippen LogP contribution in [0, 0.1) is 18.8 Å². The van der Waals surface area contributed by atoms with Crippen molar-refractivity contribution in [1.29, 1.82) is 0 Å². The van der Waals surface area contributed by atoms with E-state index < -0.39 is 17.6 Å². The van der Waals surface area contributed by atoms with Gasteiger partial charge in [0, 0.05) is 74.4 Å². The Labute approximate surface area is 232 Å². The Kier molecular flexibility index (Phi) is 8.10. The van der Waals surface area contributed by atoms with Crippen LogP contribution in [-0.2, 0) is 12.7 Å². The molecule has 1 amide bonds. The predicted molar refractivity (Wildman–Crippen MR) is 150 cm³/mol. The minimum absolute atomic E-state index is 0.0987. The van der Waals surface area contributed by atoms with Crippen LogP contribution >= 0.6 is 0 Å². The van der Waals surface area contributed by atoms with Gasteiger partial charge >= 0.3 is 6.18 Å². The van der Waals surface area contributed by atoms with Gasteiger partial charge in [-0.05, 0) is 61.9 Å². The van der Waals surface area contributed by atoms with E-state index in [0.29, 0.717) is 24.2 Å². The number of likely N-dealkylation sites (N-methyl/N-ethyl adjacent to an activating group) is 1. The molecule has 208 valence electrons. The van der Waals surface area contributed by atoms with Gasteiger partial charge in [-0.2, -0.15) is 13.2 Å². The number of halogens is 3. The highest BCUT2D eigenvalue weighted by Gasteiger charge is 2.34. The molecule has 6 nitrogen and oxygen atoms in total. The number of amides is 1. The van der Waals surface area contributed by atoms with Gasteiger partial charge in [0.25, 0.3) is 5.91 Å². The Morgan fingerprint density at radius 1 is 0.975 bits per heavy atom. The largest absolute Gasteiger partial charge is 0.416 e. The summed E-state index contributed by atoms with van der Waals surface area (Å²) in [5.41, 5.74) is 3.26. The maximum Gasteiger partial charge on any atom is 0.416 e. The fraction of sp³-hybridized carbons (Fsp3) is 0.355. The van der Waals surface area contributed by atoms with E-state index >= 15 is 0 Å². The van der Waals surface area contributed by atoms with Crippen molar-refractivity contribution in [2.75, 3.05) is 56.5 Å². The first kappa shape index (κ1) is 27.7. The van der Waals surface area contributed by atoms with Crippen LogP contribution in [0.15, 0.2) is 54.9 Å². The number of rotatable bonds is 5. The average Bonchev–Trinajstić information content (AvgIpc) is 2.89. The topological polar surface area (TPSA) is 51.7 Å². The molecule has 0 aliphatic carbocycles. The number of hydrogen-bond acceptors (Lipinski definition) is 5. The Morgan fingerprint density at radius 2 is 1.75 bits per heavy atom. The fourth-order valence-electron chi connectivity index (χ4n) is 4.79. The van der Waals surface area contributed by atoms with E-state index in [2.05, 4.69) is 31.9 Å². The number of piperazine rings is 1. The van der Waals surface area contributed by atoms with Gasteiger partial charge in [-0.15, -0.1) is 0 Å². The van der Waals surface area contributed by atoms with Crippen LogP contribution in [0.5, 0.6) is 0 Å². The van der Waals surface area contributed by atoms with Crippen molar-refractivity contribution in [1.82, 2.24) is 14.8 Å². The number of nitrogens with zero attached hydrogens (tertiary/aromatic N) is 4. The number of hydrogen-bond donors (Lipinski definition) is 1. The molecule has 0 unspecified atom stereocenters. The molecule has 0 bridgehead atoms. The number of anilines is 2. The third-order valence-corrected chi connectivity index (χ3v) is 7.45.